The number of fused-ring (bicyclic) bond motifs is 2. The molecule has 8 rings (SSSR count). The Morgan fingerprint density at radius 3 is 2.45 bits per heavy atom. The number of carbonyl (C=O) groups is 4. The van der Waals surface area contributed by atoms with Crippen molar-refractivity contribution < 1.29 is 32.7 Å². The van der Waals surface area contributed by atoms with E-state index in [-0.39, 0.29) is 37.3 Å². The Balaban J connectivity index is 0.999. The maximum atomic E-state index is 16.1. The number of likely N-dealkylation sites (tertiary alicyclic amines) is 1. The first-order valence-corrected chi connectivity index (χ1v) is 16.4. The van der Waals surface area contributed by atoms with Gasteiger partial charge in [-0.15, -0.1) is 0 Å². The first-order valence-electron chi connectivity index (χ1n) is 16.4. The van der Waals surface area contributed by atoms with Crippen LogP contribution in [0.4, 0.5) is 14.6 Å². The van der Waals surface area contributed by atoms with Gasteiger partial charge in [-0.3, -0.25) is 34.3 Å². The minimum absolute atomic E-state index is 0.0264. The van der Waals surface area contributed by atoms with E-state index < -0.39 is 53.3 Å². The van der Waals surface area contributed by atoms with E-state index in [2.05, 4.69) is 15.3 Å². The molecule has 2 fully saturated rings. The molecule has 5 aromatic rings. The number of nitrogens with zero attached hydrogens (tertiary/aromatic N) is 6. The summed E-state index contributed by atoms with van der Waals surface area (Å²) in [5.41, 5.74) is 7.70. The third-order valence-electron chi connectivity index (χ3n) is 9.49. The number of piperidine rings is 2. The first-order chi connectivity index (χ1) is 24.7. The monoisotopic (exact) mass is 692 g/mol. The van der Waals surface area contributed by atoms with Crippen LogP contribution in [-0.2, 0) is 16.1 Å². The Hall–Kier alpha value is -6.09. The van der Waals surface area contributed by atoms with Gasteiger partial charge in [-0.05, 0) is 66.9 Å². The van der Waals surface area contributed by atoms with Crippen molar-refractivity contribution in [3.63, 3.8) is 0 Å². The number of rotatable bonds is 7. The van der Waals surface area contributed by atoms with Gasteiger partial charge in [0.05, 0.1) is 22.6 Å². The van der Waals surface area contributed by atoms with Crippen molar-refractivity contribution in [1.29, 1.82) is 0 Å². The number of benzene rings is 3. The Morgan fingerprint density at radius 2 is 1.71 bits per heavy atom. The van der Waals surface area contributed by atoms with Gasteiger partial charge in [-0.1, -0.05) is 18.2 Å². The highest BCUT2D eigenvalue weighted by Crippen LogP contribution is 2.37. The van der Waals surface area contributed by atoms with Crippen LogP contribution in [0.1, 0.15) is 51.6 Å². The molecule has 3 aliphatic heterocycles. The highest BCUT2D eigenvalue weighted by atomic mass is 19.1. The van der Waals surface area contributed by atoms with Gasteiger partial charge in [0.15, 0.2) is 5.65 Å². The van der Waals surface area contributed by atoms with E-state index in [1.807, 2.05) is 42.5 Å². The Labute approximate surface area is 289 Å². The maximum absolute atomic E-state index is 16.1. The van der Waals surface area contributed by atoms with Crippen LogP contribution in [0.5, 0.6) is 11.5 Å². The fourth-order valence-electron chi connectivity index (χ4n) is 7.06. The van der Waals surface area contributed by atoms with Crippen LogP contribution in [0.3, 0.4) is 0 Å². The predicted octanol–water partition coefficient (Wildman–Crippen LogP) is 4.19. The van der Waals surface area contributed by atoms with Gasteiger partial charge in [0.2, 0.25) is 11.8 Å². The summed E-state index contributed by atoms with van der Waals surface area (Å²) < 4.78 is 38.9. The van der Waals surface area contributed by atoms with Crippen LogP contribution in [0.2, 0.25) is 0 Å². The van der Waals surface area contributed by atoms with Crippen molar-refractivity contribution in [3.8, 4) is 22.8 Å². The Kier molecular flexibility index (Phi) is 7.98. The highest BCUT2D eigenvalue weighted by Gasteiger charge is 2.46. The van der Waals surface area contributed by atoms with E-state index in [4.69, 9.17) is 15.6 Å². The number of amides is 4. The number of para-hydroxylation sites is 1. The molecule has 3 N–H and O–H groups in total. The molecule has 13 nitrogen and oxygen atoms in total. The zero-order valence-electron chi connectivity index (χ0n) is 27.0. The molecule has 0 spiro atoms. The summed E-state index contributed by atoms with van der Waals surface area (Å²) in [7, 11) is 0. The van der Waals surface area contributed by atoms with E-state index in [1.54, 1.807) is 21.7 Å². The molecular formula is C36H30F2N8O5. The second kappa shape index (κ2) is 12.7. The van der Waals surface area contributed by atoms with E-state index in [0.29, 0.717) is 51.7 Å². The van der Waals surface area contributed by atoms with Crippen LogP contribution >= 0.6 is 0 Å². The second-order valence-corrected chi connectivity index (χ2v) is 12.7. The highest BCUT2D eigenvalue weighted by molar-refractivity contribution is 6.23. The number of imide groups is 2. The van der Waals surface area contributed by atoms with E-state index in [0.717, 1.165) is 11.6 Å². The average Bonchev–Trinajstić information content (AvgIpc) is 3.61. The smallest absolute Gasteiger partial charge is 0.265 e. The summed E-state index contributed by atoms with van der Waals surface area (Å²) in [5, 5.41) is 7.43. The van der Waals surface area contributed by atoms with Crippen LogP contribution in [0.25, 0.3) is 22.3 Å². The number of nitrogen functional groups attached to an aromatic ring is 1. The lowest BCUT2D eigenvalue weighted by Gasteiger charge is -2.34. The lowest BCUT2D eigenvalue weighted by atomic mass is 10.0. The number of ether oxygens (including phenoxy) is 1. The Morgan fingerprint density at radius 1 is 0.941 bits per heavy atom. The van der Waals surface area contributed by atoms with Crippen LogP contribution in [-0.4, -0.2) is 78.5 Å². The second-order valence-electron chi connectivity index (χ2n) is 12.7. The van der Waals surface area contributed by atoms with Crippen LogP contribution < -0.4 is 15.8 Å². The maximum Gasteiger partial charge on any atom is 0.265 e. The molecule has 3 aromatic carbocycles. The number of aromatic nitrogens is 4. The van der Waals surface area contributed by atoms with E-state index in [9.17, 15) is 19.2 Å². The van der Waals surface area contributed by atoms with Crippen molar-refractivity contribution in [3.05, 3.63) is 95.6 Å². The SMILES string of the molecule is Nc1ncnc2c1c(-c1ccc(Oc3ccccc3)cc1)nn2[C@@H]1CCN(Cc2cc(F)c3c(c2)C(=O)N(C2CCC(=O)NC2=O)C3=O)C[C@H]1F. The largest absolute Gasteiger partial charge is 0.457 e. The first kappa shape index (κ1) is 32.1. The Bertz CT molecular complexity index is 2230. The minimum Gasteiger partial charge on any atom is -0.457 e. The molecule has 0 bridgehead atoms. The van der Waals surface area contributed by atoms with Gasteiger partial charge >= 0.3 is 0 Å². The fraction of sp³-hybridized carbons (Fsp3) is 0.250. The summed E-state index contributed by atoms with van der Waals surface area (Å²) in [4.78, 5) is 61.4. The topological polar surface area (TPSA) is 166 Å². The van der Waals surface area contributed by atoms with Crippen molar-refractivity contribution >= 4 is 40.5 Å². The molecule has 15 heteroatoms. The summed E-state index contributed by atoms with van der Waals surface area (Å²) in [5.74, 6) is -2.40. The van der Waals surface area contributed by atoms with Gasteiger partial charge in [0, 0.05) is 31.6 Å². The minimum atomic E-state index is -1.40. The number of alkyl halides is 1. The zero-order valence-corrected chi connectivity index (χ0v) is 27.0. The number of anilines is 1. The number of nitrogens with one attached hydrogen (secondary N) is 1. The van der Waals surface area contributed by atoms with Crippen molar-refractivity contribution in [2.24, 2.45) is 0 Å². The molecule has 2 aromatic heterocycles. The molecule has 3 aliphatic rings. The zero-order chi connectivity index (χ0) is 35.4. The lowest BCUT2D eigenvalue weighted by molar-refractivity contribution is -0.136. The number of hydrogen-bond donors (Lipinski definition) is 2. The van der Waals surface area contributed by atoms with Gasteiger partial charge in [0.25, 0.3) is 11.8 Å². The molecule has 0 aliphatic carbocycles. The summed E-state index contributed by atoms with van der Waals surface area (Å²) in [6.07, 6.45) is 0.149. The molecule has 1 unspecified atom stereocenters. The van der Waals surface area contributed by atoms with Crippen LogP contribution in [0, 0.1) is 5.82 Å². The molecule has 3 atom stereocenters. The van der Waals surface area contributed by atoms with E-state index in [1.165, 1.54) is 12.4 Å². The number of hydrogen-bond acceptors (Lipinski definition) is 10. The summed E-state index contributed by atoms with van der Waals surface area (Å²) >= 11 is 0. The molecule has 51 heavy (non-hydrogen) atoms. The van der Waals surface area contributed by atoms with Crippen molar-refractivity contribution in [2.45, 2.75) is 44.1 Å². The number of halogens is 2. The van der Waals surface area contributed by atoms with Gasteiger partial charge in [-0.2, -0.15) is 5.10 Å². The number of nitrogens with two attached hydrogens (primary N) is 1. The molecule has 0 radical (unpaired) electrons. The third kappa shape index (κ3) is 5.74. The van der Waals surface area contributed by atoms with Gasteiger partial charge < -0.3 is 10.5 Å². The van der Waals surface area contributed by atoms with Crippen LogP contribution in [0.15, 0.2) is 73.1 Å². The lowest BCUT2D eigenvalue weighted by Crippen LogP contribution is -2.54. The summed E-state index contributed by atoms with van der Waals surface area (Å²) in [6, 6.07) is 17.3. The molecule has 4 amide bonds. The molecular weight excluding hydrogens is 662 g/mol. The fourth-order valence-corrected chi connectivity index (χ4v) is 7.06. The van der Waals surface area contributed by atoms with Crippen molar-refractivity contribution in [1.82, 2.24) is 34.9 Å². The third-order valence-corrected chi connectivity index (χ3v) is 9.49. The van der Waals surface area contributed by atoms with Gasteiger partial charge in [-0.25, -0.2) is 23.4 Å². The molecule has 2 saturated heterocycles. The quantitative estimate of drug-likeness (QED) is 0.236. The molecule has 0 saturated carbocycles. The molecule has 5 heterocycles. The van der Waals surface area contributed by atoms with E-state index >= 15 is 8.78 Å². The molecule has 258 valence electrons. The average molecular weight is 693 g/mol. The van der Waals surface area contributed by atoms with Crippen molar-refractivity contribution in [2.75, 3.05) is 18.8 Å². The van der Waals surface area contributed by atoms with Gasteiger partial charge in [0.1, 0.15) is 47.4 Å². The summed E-state index contributed by atoms with van der Waals surface area (Å²) in [6.45, 7) is 0.484. The normalized spacial score (nSPS) is 20.9. The predicted molar refractivity (Wildman–Crippen MR) is 179 cm³/mol. The standard InChI is InChI=1S/C36H30F2N8O5/c37-24-15-19(14-23-29(24)36(50)45(35(23)49)27-10-11-28(47)42-34(27)48)16-44-13-12-26(25(38)17-44)46-33-30(32(39)40-18-41-33)31(43-46)20-6-8-22(9-7-20)51-21-4-2-1-3-5-21/h1-9,14-15,18,25-27H,10-13,16-17H2,(H2,39,40,41)(H,42,47,48)/t25-,26-,27?/m1/s1. The number of carbonyl (C=O) groups excluding carboxylic acids is 4.